The average Bonchev–Trinajstić information content (AvgIpc) is 3.77. The van der Waals surface area contributed by atoms with E-state index in [4.69, 9.17) is 24.3 Å². The molecule has 4 aromatic rings. The van der Waals surface area contributed by atoms with Gasteiger partial charge in [0.1, 0.15) is 42.4 Å². The van der Waals surface area contributed by atoms with Gasteiger partial charge in [-0.05, 0) is 6.07 Å². The summed E-state index contributed by atoms with van der Waals surface area (Å²) in [5.74, 6) is -0.762. The summed E-state index contributed by atoms with van der Waals surface area (Å²) in [5.41, 5.74) is 6.44. The quantitative estimate of drug-likeness (QED) is 0.0641. The van der Waals surface area contributed by atoms with Crippen LogP contribution >= 0.6 is 15.6 Å². The molecule has 21 nitrogen and oxygen atoms in total. The molecule has 10 atom stereocenters. The first-order valence-electron chi connectivity index (χ1n) is 13.4. The van der Waals surface area contributed by atoms with E-state index in [0.717, 1.165) is 0 Å². The second-order valence-corrected chi connectivity index (χ2v) is 13.4. The SMILES string of the molecule is NC(=O)c1ccc[n+]([C@@H]2O[C@H](COP(=O)(O)OP(=O)(O)OC[C@H]3O[C@@H](n4cnc5c4ncn4ccnc54)[C@H](O)[C@@H]3O)[C@@H](O)[C@H]2O)c1. The molecule has 2 aliphatic heterocycles. The summed E-state index contributed by atoms with van der Waals surface area (Å²) < 4.78 is 54.1. The van der Waals surface area contributed by atoms with Crippen molar-refractivity contribution in [2.45, 2.75) is 49.1 Å². The fraction of sp³-hybridized carbons (Fsp3) is 0.435. The Labute approximate surface area is 257 Å². The predicted molar refractivity (Wildman–Crippen MR) is 146 cm³/mol. The van der Waals surface area contributed by atoms with Crippen molar-refractivity contribution in [1.82, 2.24) is 23.9 Å². The molecular weight excluding hydrogens is 660 g/mol. The lowest BCUT2D eigenvalue weighted by atomic mass is 10.1. The highest BCUT2D eigenvalue weighted by molar-refractivity contribution is 7.61. The number of rotatable bonds is 11. The van der Waals surface area contributed by atoms with Gasteiger partial charge in [0.25, 0.3) is 12.1 Å². The molecule has 0 saturated carbocycles. The summed E-state index contributed by atoms with van der Waals surface area (Å²) in [6, 6.07) is 2.84. The van der Waals surface area contributed by atoms with Gasteiger partial charge in [-0.3, -0.25) is 22.8 Å². The summed E-state index contributed by atoms with van der Waals surface area (Å²) in [6.45, 7) is -1.78. The zero-order valence-corrected chi connectivity index (χ0v) is 25.0. The fourth-order valence-electron chi connectivity index (χ4n) is 5.05. The van der Waals surface area contributed by atoms with Gasteiger partial charge in [-0.15, -0.1) is 0 Å². The van der Waals surface area contributed by atoms with Crippen LogP contribution in [0.5, 0.6) is 0 Å². The van der Waals surface area contributed by atoms with Crippen molar-refractivity contribution in [3.63, 3.8) is 0 Å². The number of nitrogens with zero attached hydrogens (tertiary/aromatic N) is 6. The van der Waals surface area contributed by atoms with E-state index >= 15 is 0 Å². The van der Waals surface area contributed by atoms with E-state index in [2.05, 4.69) is 19.3 Å². The van der Waals surface area contributed by atoms with Crippen LogP contribution in [-0.2, 0) is 32.0 Å². The monoisotopic (exact) mass is 688 g/mol. The minimum Gasteiger partial charge on any atom is -0.387 e. The van der Waals surface area contributed by atoms with Crippen molar-refractivity contribution < 1.29 is 71.5 Å². The maximum Gasteiger partial charge on any atom is 0.481 e. The molecule has 6 heterocycles. The van der Waals surface area contributed by atoms with Crippen LogP contribution in [0.2, 0.25) is 0 Å². The van der Waals surface area contributed by atoms with Crippen LogP contribution in [-0.4, -0.2) is 110 Å². The Morgan fingerprint density at radius 1 is 0.935 bits per heavy atom. The number of hydrogen-bond donors (Lipinski definition) is 7. The van der Waals surface area contributed by atoms with Crippen LogP contribution in [0.4, 0.5) is 0 Å². The highest BCUT2D eigenvalue weighted by Crippen LogP contribution is 2.60. The lowest BCUT2D eigenvalue weighted by Crippen LogP contribution is -2.46. The number of carbonyl (C=O) groups is 1. The first-order valence-corrected chi connectivity index (χ1v) is 16.4. The molecule has 8 N–H and O–H groups in total. The van der Waals surface area contributed by atoms with Gasteiger partial charge < -0.3 is 45.4 Å². The Hall–Kier alpha value is -3.27. The maximum absolute atomic E-state index is 12.5. The Morgan fingerprint density at radius 2 is 1.61 bits per heavy atom. The lowest BCUT2D eigenvalue weighted by Gasteiger charge is -2.20. The van der Waals surface area contributed by atoms with Crippen molar-refractivity contribution in [3.8, 4) is 0 Å². The summed E-state index contributed by atoms with van der Waals surface area (Å²) >= 11 is 0. The van der Waals surface area contributed by atoms with Crippen LogP contribution in [0.15, 0.2) is 49.6 Å². The van der Waals surface area contributed by atoms with Crippen LogP contribution in [0, 0.1) is 0 Å². The molecule has 6 rings (SSSR count). The van der Waals surface area contributed by atoms with Gasteiger partial charge in [0, 0.05) is 18.5 Å². The molecule has 0 bridgehead atoms. The molecule has 0 aromatic carbocycles. The average molecular weight is 688 g/mol. The summed E-state index contributed by atoms with van der Waals surface area (Å²) in [6.07, 6.45) is -3.16. The normalized spacial score (nSPS) is 30.9. The number of phosphoric acid groups is 2. The van der Waals surface area contributed by atoms with Crippen LogP contribution in [0.1, 0.15) is 22.8 Å². The second kappa shape index (κ2) is 12.4. The number of amides is 1. The number of carbonyl (C=O) groups excluding carboxylic acids is 1. The van der Waals surface area contributed by atoms with Gasteiger partial charge in [-0.1, -0.05) is 0 Å². The molecule has 2 aliphatic rings. The number of imidazole rings is 2. The van der Waals surface area contributed by atoms with Crippen LogP contribution in [0.25, 0.3) is 16.8 Å². The first-order chi connectivity index (χ1) is 21.7. The zero-order chi connectivity index (χ0) is 33.0. The van der Waals surface area contributed by atoms with Gasteiger partial charge in [0.05, 0.1) is 19.5 Å². The zero-order valence-electron chi connectivity index (χ0n) is 23.3. The molecule has 248 valence electrons. The Balaban J connectivity index is 1.04. The molecule has 2 fully saturated rings. The van der Waals surface area contributed by atoms with E-state index in [1.165, 1.54) is 46.3 Å². The minimum atomic E-state index is -5.37. The number of nitrogens with two attached hydrogens (primary N) is 1. The van der Waals surface area contributed by atoms with Gasteiger partial charge in [0.2, 0.25) is 0 Å². The van der Waals surface area contributed by atoms with Crippen LogP contribution < -0.4 is 10.3 Å². The molecule has 0 aliphatic carbocycles. The molecule has 0 spiro atoms. The van der Waals surface area contributed by atoms with Crippen molar-refractivity contribution >= 4 is 38.4 Å². The number of phosphoric ester groups is 2. The highest BCUT2D eigenvalue weighted by atomic mass is 31.3. The van der Waals surface area contributed by atoms with Gasteiger partial charge in [-0.25, -0.2) is 24.1 Å². The number of aliphatic hydroxyl groups excluding tert-OH is 4. The summed E-state index contributed by atoms with van der Waals surface area (Å²) in [7, 11) is -10.7. The van der Waals surface area contributed by atoms with E-state index in [1.807, 2.05) is 0 Å². The molecular formula is C23H28N7O14P2+. The number of aromatic nitrogens is 6. The van der Waals surface area contributed by atoms with E-state index in [-0.39, 0.29) is 11.2 Å². The highest BCUT2D eigenvalue weighted by Gasteiger charge is 2.50. The number of hydrogen-bond acceptors (Lipinski definition) is 15. The maximum atomic E-state index is 12.5. The summed E-state index contributed by atoms with van der Waals surface area (Å²) in [4.78, 5) is 44.3. The van der Waals surface area contributed by atoms with Crippen molar-refractivity contribution in [1.29, 1.82) is 0 Å². The van der Waals surface area contributed by atoms with E-state index in [9.17, 15) is 44.1 Å². The molecule has 0 radical (unpaired) electrons. The molecule has 2 unspecified atom stereocenters. The van der Waals surface area contributed by atoms with E-state index in [0.29, 0.717) is 11.2 Å². The molecule has 46 heavy (non-hydrogen) atoms. The Morgan fingerprint density at radius 3 is 2.30 bits per heavy atom. The molecule has 23 heteroatoms. The predicted octanol–water partition coefficient (Wildman–Crippen LogP) is -2.35. The minimum absolute atomic E-state index is 0.0726. The third-order valence-corrected chi connectivity index (χ3v) is 9.91. The molecule has 1 amide bonds. The van der Waals surface area contributed by atoms with Crippen molar-refractivity contribution in [3.05, 3.63) is 55.1 Å². The second-order valence-electron chi connectivity index (χ2n) is 10.3. The number of aliphatic hydroxyl groups is 4. The first kappa shape index (κ1) is 32.7. The summed E-state index contributed by atoms with van der Waals surface area (Å²) in [5, 5.41) is 41.9. The Kier molecular flexibility index (Phi) is 8.80. The molecule has 4 aromatic heterocycles. The van der Waals surface area contributed by atoms with Crippen molar-refractivity contribution in [2.75, 3.05) is 13.2 Å². The third kappa shape index (κ3) is 6.34. The van der Waals surface area contributed by atoms with Gasteiger partial charge >= 0.3 is 15.6 Å². The number of primary amides is 1. The van der Waals surface area contributed by atoms with Crippen molar-refractivity contribution in [2.24, 2.45) is 5.73 Å². The Bertz CT molecular complexity index is 1860. The standard InChI is InChI=1S/C23H27N7O14P2/c24-19(35)11-2-1-4-28(6-11)22-17(33)15(31)12(42-22)7-40-45(36,37)44-46(38,39)41-8-13-16(32)18(34)23(43-13)30-10-26-14-20-25-3-5-29(20)9-27-21(14)30/h1-6,9-10,12-13,15-18,22-23,31-34H,7-8H2,(H3-,24,35,36,37,38,39)/p+1/t12-,13-,15-,16-,17-,18-,22-,23-/m1/s1. The smallest absolute Gasteiger partial charge is 0.387 e. The lowest BCUT2D eigenvalue weighted by molar-refractivity contribution is -0.765. The largest absolute Gasteiger partial charge is 0.481 e. The molecule has 2 saturated heterocycles. The van der Waals surface area contributed by atoms with Gasteiger partial charge in [-0.2, -0.15) is 8.88 Å². The van der Waals surface area contributed by atoms with E-state index in [1.54, 1.807) is 16.8 Å². The third-order valence-electron chi connectivity index (χ3n) is 7.31. The topological polar surface area (TPSA) is 297 Å². The number of ether oxygens (including phenoxy) is 2. The van der Waals surface area contributed by atoms with Crippen LogP contribution in [0.3, 0.4) is 0 Å². The fourth-order valence-corrected chi connectivity index (χ4v) is 7.14. The number of fused-ring (bicyclic) bond motifs is 3. The van der Waals surface area contributed by atoms with E-state index < -0.39 is 83.8 Å². The number of pyridine rings is 1. The van der Waals surface area contributed by atoms with Gasteiger partial charge in [0.15, 0.2) is 41.5 Å².